The minimum Gasteiger partial charge on any atom is -1.00 e. The summed E-state index contributed by atoms with van der Waals surface area (Å²) in [6.45, 7) is 4.36. The second-order valence-corrected chi connectivity index (χ2v) is 8.03. The number of hydrogen-bond acceptors (Lipinski definition) is 0. The summed E-state index contributed by atoms with van der Waals surface area (Å²) in [4.78, 5) is 0. The molecule has 0 saturated carbocycles. The zero-order chi connectivity index (χ0) is 19.8. The number of benzene rings is 4. The number of rotatable bonds is 1. The molecule has 159 valence electrons. The van der Waals surface area contributed by atoms with Gasteiger partial charge in [0.15, 0.2) is 0 Å². The molecule has 0 atom stereocenters. The molecule has 0 amide bonds. The zero-order valence-electron chi connectivity index (χ0n) is 18.3. The number of allylic oxidation sites excluding steroid dienone is 4. The number of fused-ring (bicyclic) bond motifs is 5. The molecule has 0 nitrogen and oxygen atoms in total. The van der Waals surface area contributed by atoms with Gasteiger partial charge >= 0.3 is 26.2 Å². The van der Waals surface area contributed by atoms with Crippen LogP contribution in [0.4, 0.5) is 0 Å². The van der Waals surface area contributed by atoms with Crippen molar-refractivity contribution in [1.82, 2.24) is 0 Å². The van der Waals surface area contributed by atoms with E-state index in [0.29, 0.717) is 0 Å². The van der Waals surface area contributed by atoms with E-state index < -0.39 is 0 Å². The van der Waals surface area contributed by atoms with E-state index in [1.54, 1.807) is 5.57 Å². The molecule has 0 aromatic heterocycles. The van der Waals surface area contributed by atoms with E-state index in [2.05, 4.69) is 105 Å². The molecule has 0 unspecified atom stereocenters. The quantitative estimate of drug-likeness (QED) is 0.290. The van der Waals surface area contributed by atoms with Crippen molar-refractivity contribution in [3.8, 4) is 0 Å². The van der Waals surface area contributed by atoms with Crippen LogP contribution in [0.3, 0.4) is 0 Å². The van der Waals surface area contributed by atoms with Gasteiger partial charge in [-0.3, -0.25) is 0 Å². The SMILES string of the molecule is CCC1=CC(C)=CC1.[Cl-].[Cl-].[Zr+3].c1ccc2cc3c(cc2c1)[cH-]c1cc2ccccc2cc13. The Labute approximate surface area is 221 Å². The topological polar surface area (TPSA) is 0 Å². The van der Waals surface area contributed by atoms with E-state index >= 15 is 0 Å². The van der Waals surface area contributed by atoms with Gasteiger partial charge in [-0.2, -0.15) is 0 Å². The van der Waals surface area contributed by atoms with Gasteiger partial charge in [-0.1, -0.05) is 102 Å². The van der Waals surface area contributed by atoms with Crippen molar-refractivity contribution in [2.75, 3.05) is 0 Å². The Morgan fingerprint density at radius 1 is 0.719 bits per heavy atom. The molecule has 32 heavy (non-hydrogen) atoms. The summed E-state index contributed by atoms with van der Waals surface area (Å²) >= 11 is 0. The predicted molar refractivity (Wildman–Crippen MR) is 129 cm³/mol. The van der Waals surface area contributed by atoms with Gasteiger partial charge in [0, 0.05) is 0 Å². The second kappa shape index (κ2) is 11.4. The fourth-order valence-corrected chi connectivity index (χ4v) is 4.37. The summed E-state index contributed by atoms with van der Waals surface area (Å²) in [5.74, 6) is 0. The molecule has 0 heterocycles. The molecule has 1 aliphatic carbocycles. The van der Waals surface area contributed by atoms with Crippen molar-refractivity contribution in [3.63, 3.8) is 0 Å². The summed E-state index contributed by atoms with van der Waals surface area (Å²) < 4.78 is 0. The van der Waals surface area contributed by atoms with Crippen LogP contribution in [0, 0.1) is 0 Å². The molecule has 0 fully saturated rings. The summed E-state index contributed by atoms with van der Waals surface area (Å²) in [7, 11) is 0. The van der Waals surface area contributed by atoms with Gasteiger partial charge in [0.05, 0.1) is 0 Å². The largest absolute Gasteiger partial charge is 3.00 e. The van der Waals surface area contributed by atoms with E-state index in [1.807, 2.05) is 0 Å². The summed E-state index contributed by atoms with van der Waals surface area (Å²) in [5, 5.41) is 10.6. The van der Waals surface area contributed by atoms with E-state index in [-0.39, 0.29) is 51.0 Å². The predicted octanol–water partition coefficient (Wildman–Crippen LogP) is 2.70. The summed E-state index contributed by atoms with van der Waals surface area (Å²) in [6, 6.07) is 28.7. The Kier molecular flexibility index (Phi) is 9.41. The van der Waals surface area contributed by atoms with Crippen molar-refractivity contribution in [2.24, 2.45) is 0 Å². The molecule has 5 aromatic rings. The van der Waals surface area contributed by atoms with Gasteiger partial charge in [-0.25, -0.2) is 0 Å². The Bertz CT molecular complexity index is 1330. The molecule has 3 heteroatoms. The minimum absolute atomic E-state index is 0. The molecule has 0 aliphatic heterocycles. The Morgan fingerprint density at radius 3 is 1.50 bits per heavy atom. The average Bonchev–Trinajstić information content (AvgIpc) is 3.33. The van der Waals surface area contributed by atoms with Crippen LogP contribution in [0.5, 0.6) is 0 Å². The minimum atomic E-state index is 0. The number of halogens is 2. The van der Waals surface area contributed by atoms with E-state index in [4.69, 9.17) is 0 Å². The van der Waals surface area contributed by atoms with Crippen LogP contribution in [0.1, 0.15) is 26.7 Å². The van der Waals surface area contributed by atoms with Crippen LogP contribution < -0.4 is 24.8 Å². The summed E-state index contributed by atoms with van der Waals surface area (Å²) in [5.41, 5.74) is 3.00. The van der Waals surface area contributed by atoms with E-state index in [0.717, 1.165) is 0 Å². The van der Waals surface area contributed by atoms with Gasteiger partial charge in [0.25, 0.3) is 0 Å². The standard InChI is InChI=1S/C21H13.C8H12.2ClH.Zr/c1-3-7-16-12-20-18(9-14(16)5-1)11-19-10-15-6-2-4-8-17(15)13-21(19)20;1-3-8-5-4-7(2)6-8;;;/h1-13H;4,6H,3,5H2,1-2H3;2*1H;/q-1;;;;+3/p-2. The average molecular weight is 536 g/mol. The van der Waals surface area contributed by atoms with Gasteiger partial charge in [-0.05, 0) is 30.5 Å². The van der Waals surface area contributed by atoms with Crippen molar-refractivity contribution in [1.29, 1.82) is 0 Å². The van der Waals surface area contributed by atoms with E-state index in [1.165, 1.54) is 61.5 Å². The Hall–Kier alpha value is -1.79. The van der Waals surface area contributed by atoms with Crippen LogP contribution >= 0.6 is 0 Å². The molecule has 1 aliphatic rings. The van der Waals surface area contributed by atoms with Gasteiger partial charge in [0.1, 0.15) is 0 Å². The monoisotopic (exact) mass is 533 g/mol. The molecule has 0 spiro atoms. The molecule has 1 radical (unpaired) electrons. The molecule has 0 N–H and O–H groups in total. The fourth-order valence-electron chi connectivity index (χ4n) is 4.37. The third kappa shape index (κ3) is 5.23. The first-order chi connectivity index (χ1) is 14.2. The second-order valence-electron chi connectivity index (χ2n) is 8.03. The van der Waals surface area contributed by atoms with Gasteiger partial charge in [0.2, 0.25) is 0 Å². The molecule has 0 bridgehead atoms. The molecular formula is C29H25Cl2Zr. The first-order valence-corrected chi connectivity index (χ1v) is 10.5. The summed E-state index contributed by atoms with van der Waals surface area (Å²) in [6.07, 6.45) is 6.97. The zero-order valence-corrected chi connectivity index (χ0v) is 22.3. The molecule has 6 rings (SSSR count). The third-order valence-electron chi connectivity index (χ3n) is 6.01. The van der Waals surface area contributed by atoms with Crippen LogP contribution in [0.15, 0.2) is 102 Å². The maximum atomic E-state index is 2.32. The Balaban J connectivity index is 0.000000287. The van der Waals surface area contributed by atoms with Crippen molar-refractivity contribution < 1.29 is 51.0 Å². The van der Waals surface area contributed by atoms with E-state index in [9.17, 15) is 0 Å². The van der Waals surface area contributed by atoms with Crippen LogP contribution in [-0.2, 0) is 26.2 Å². The Morgan fingerprint density at radius 2 is 1.16 bits per heavy atom. The van der Waals surface area contributed by atoms with Crippen molar-refractivity contribution in [2.45, 2.75) is 26.7 Å². The maximum absolute atomic E-state index is 2.32. The molecule has 0 saturated heterocycles. The van der Waals surface area contributed by atoms with Gasteiger partial charge < -0.3 is 24.8 Å². The molecule has 5 aromatic carbocycles. The first kappa shape index (κ1) is 26.5. The van der Waals surface area contributed by atoms with Crippen LogP contribution in [0.2, 0.25) is 0 Å². The first-order valence-electron chi connectivity index (χ1n) is 10.5. The van der Waals surface area contributed by atoms with Crippen LogP contribution in [0.25, 0.3) is 43.1 Å². The normalized spacial score (nSPS) is 12.3. The van der Waals surface area contributed by atoms with Gasteiger partial charge in [-0.15, -0.1) is 39.7 Å². The van der Waals surface area contributed by atoms with Crippen molar-refractivity contribution >= 4 is 43.1 Å². The smallest absolute Gasteiger partial charge is 1.00 e. The van der Waals surface area contributed by atoms with Crippen LogP contribution in [-0.4, -0.2) is 0 Å². The fraction of sp³-hybridized carbons (Fsp3) is 0.138. The van der Waals surface area contributed by atoms with Crippen molar-refractivity contribution in [3.05, 3.63) is 102 Å². The third-order valence-corrected chi connectivity index (χ3v) is 6.01. The molecular weight excluding hydrogens is 510 g/mol. The number of hydrogen-bond donors (Lipinski definition) is 0. The maximum Gasteiger partial charge on any atom is 3.00 e.